The Balaban J connectivity index is 1.29. The van der Waals surface area contributed by atoms with E-state index in [0.29, 0.717) is 5.56 Å². The number of aromatic nitrogens is 3. The molecule has 2 aliphatic rings. The molecule has 12 heteroatoms. The van der Waals surface area contributed by atoms with Gasteiger partial charge in [0.25, 0.3) is 11.8 Å². The maximum Gasteiger partial charge on any atom is 0.326 e. The van der Waals surface area contributed by atoms with Crippen LogP contribution in [0.1, 0.15) is 27.9 Å². The van der Waals surface area contributed by atoms with Crippen LogP contribution in [-0.4, -0.2) is 67.6 Å². The van der Waals surface area contributed by atoms with Gasteiger partial charge in [-0.25, -0.2) is 13.9 Å². The van der Waals surface area contributed by atoms with Crippen LogP contribution < -0.4 is 5.32 Å². The monoisotopic (exact) mass is 499 g/mol. The molecule has 5 rings (SSSR count). The molecule has 1 aromatic heterocycles. The fraction of sp³-hybridized carbons (Fsp3) is 0.292. The summed E-state index contributed by atoms with van der Waals surface area (Å²) in [6.45, 7) is -1.37. The summed E-state index contributed by atoms with van der Waals surface area (Å²) in [5, 5.41) is 19.2. The number of hydrogen-bond donors (Lipinski definition) is 2. The summed E-state index contributed by atoms with van der Waals surface area (Å²) < 4.78 is 46.1. The predicted octanol–water partition coefficient (Wildman–Crippen LogP) is 2.22. The number of carboxylic acids is 1. The van der Waals surface area contributed by atoms with Crippen molar-refractivity contribution in [2.24, 2.45) is 0 Å². The van der Waals surface area contributed by atoms with Gasteiger partial charge in [0, 0.05) is 29.3 Å². The largest absolute Gasteiger partial charge is 0.480 e. The Labute approximate surface area is 202 Å². The molecule has 2 aromatic carbocycles. The number of amides is 2. The first kappa shape index (κ1) is 23.5. The van der Waals surface area contributed by atoms with E-state index in [-0.39, 0.29) is 28.8 Å². The van der Waals surface area contributed by atoms with Crippen molar-refractivity contribution in [1.29, 1.82) is 0 Å². The molecule has 9 nitrogen and oxygen atoms in total. The summed E-state index contributed by atoms with van der Waals surface area (Å²) in [4.78, 5) is 38.0. The van der Waals surface area contributed by atoms with E-state index >= 15 is 4.39 Å². The molecule has 3 aromatic rings. The lowest BCUT2D eigenvalue weighted by atomic mass is 10.0. The quantitative estimate of drug-likeness (QED) is 0.537. The van der Waals surface area contributed by atoms with Gasteiger partial charge in [-0.15, -0.1) is 5.10 Å². The van der Waals surface area contributed by atoms with E-state index in [2.05, 4.69) is 15.6 Å². The number of rotatable bonds is 6. The molecule has 0 radical (unpaired) electrons. The van der Waals surface area contributed by atoms with Crippen molar-refractivity contribution in [1.82, 2.24) is 25.2 Å². The first-order chi connectivity index (χ1) is 17.1. The van der Waals surface area contributed by atoms with E-state index in [4.69, 9.17) is 0 Å². The molecule has 1 saturated heterocycles. The molecule has 2 atom stereocenters. The first-order valence-corrected chi connectivity index (χ1v) is 11.0. The van der Waals surface area contributed by atoms with E-state index in [1.807, 2.05) is 0 Å². The molecule has 2 N–H and O–H groups in total. The number of carbonyl (C=O) groups excluding carboxylic acids is 2. The number of aliphatic carboxylic acids is 1. The van der Waals surface area contributed by atoms with Gasteiger partial charge >= 0.3 is 5.97 Å². The lowest BCUT2D eigenvalue weighted by Gasteiger charge is -2.22. The Morgan fingerprint density at radius 2 is 1.83 bits per heavy atom. The predicted molar refractivity (Wildman–Crippen MR) is 119 cm³/mol. The fourth-order valence-electron chi connectivity index (χ4n) is 4.82. The minimum atomic E-state index is -3.19. The van der Waals surface area contributed by atoms with Crippen molar-refractivity contribution < 1.29 is 32.7 Å². The third-order valence-electron chi connectivity index (χ3n) is 6.49. The average molecular weight is 499 g/mol. The number of halogens is 3. The maximum absolute atomic E-state index is 15.4. The van der Waals surface area contributed by atoms with Crippen LogP contribution in [0.2, 0.25) is 0 Å². The summed E-state index contributed by atoms with van der Waals surface area (Å²) in [5.74, 6) is -6.05. The summed E-state index contributed by atoms with van der Waals surface area (Å²) in [6.07, 6.45) is 2.33. The standard InChI is InChI=1S/C24H20F3N5O4/c25-23(12-31-8-7-29-30-31)10-19(22(35)36)32(13-23)20(33)11-28-21(34)14-5-6-18-16(9-14)15-3-1-2-4-17(15)24(18,26)27/h1-9,19H,10-13H2,(H,28,34)(H,35,36)/t19-,23-/m0/s1. The van der Waals surface area contributed by atoms with Crippen LogP contribution in [0.3, 0.4) is 0 Å². The molecule has 186 valence electrons. The highest BCUT2D eigenvalue weighted by Gasteiger charge is 2.50. The minimum absolute atomic E-state index is 0.0521. The summed E-state index contributed by atoms with van der Waals surface area (Å²) in [7, 11) is 0. The van der Waals surface area contributed by atoms with E-state index < -0.39 is 54.9 Å². The zero-order valence-corrected chi connectivity index (χ0v) is 18.7. The van der Waals surface area contributed by atoms with Crippen LogP contribution in [0.25, 0.3) is 11.1 Å². The number of nitrogens with zero attached hydrogens (tertiary/aromatic N) is 4. The van der Waals surface area contributed by atoms with Crippen LogP contribution in [0.5, 0.6) is 0 Å². The number of likely N-dealkylation sites (tertiary alicyclic amines) is 1. The molecule has 36 heavy (non-hydrogen) atoms. The molecule has 0 spiro atoms. The molecule has 2 heterocycles. The van der Waals surface area contributed by atoms with Crippen molar-refractivity contribution in [3.8, 4) is 11.1 Å². The van der Waals surface area contributed by atoms with Crippen molar-refractivity contribution in [2.75, 3.05) is 13.1 Å². The van der Waals surface area contributed by atoms with Gasteiger partial charge in [-0.2, -0.15) is 8.78 Å². The summed E-state index contributed by atoms with van der Waals surface area (Å²) >= 11 is 0. The SMILES string of the molecule is O=C(NCC(=O)N1C[C@@](F)(Cn2ccnn2)C[C@H]1C(=O)O)c1ccc2c(c1)-c1ccccc1C2(F)F. The Morgan fingerprint density at radius 3 is 2.56 bits per heavy atom. The van der Waals surface area contributed by atoms with Gasteiger partial charge in [-0.05, 0) is 23.3 Å². The van der Waals surface area contributed by atoms with Gasteiger partial charge in [-0.1, -0.05) is 35.5 Å². The van der Waals surface area contributed by atoms with Crippen molar-refractivity contribution in [3.63, 3.8) is 0 Å². The van der Waals surface area contributed by atoms with Crippen LogP contribution in [0.15, 0.2) is 54.9 Å². The van der Waals surface area contributed by atoms with Gasteiger partial charge in [-0.3, -0.25) is 9.59 Å². The molecule has 1 aliphatic heterocycles. The molecule has 1 fully saturated rings. The van der Waals surface area contributed by atoms with E-state index in [9.17, 15) is 28.3 Å². The van der Waals surface area contributed by atoms with Gasteiger partial charge in [0.15, 0.2) is 5.67 Å². The summed E-state index contributed by atoms with van der Waals surface area (Å²) in [5.41, 5.74) is -1.83. The van der Waals surface area contributed by atoms with E-state index in [0.717, 1.165) is 4.90 Å². The van der Waals surface area contributed by atoms with Gasteiger partial charge in [0.1, 0.15) is 6.04 Å². The number of hydrogen-bond acceptors (Lipinski definition) is 5. The van der Waals surface area contributed by atoms with Gasteiger partial charge < -0.3 is 15.3 Å². The Hall–Kier alpha value is -4.22. The van der Waals surface area contributed by atoms with E-state index in [1.54, 1.807) is 12.1 Å². The number of nitrogens with one attached hydrogen (secondary N) is 1. The third-order valence-corrected chi connectivity index (χ3v) is 6.49. The second-order valence-electron chi connectivity index (χ2n) is 8.89. The lowest BCUT2D eigenvalue weighted by Crippen LogP contribution is -2.46. The second-order valence-corrected chi connectivity index (χ2v) is 8.89. The number of fused-ring (bicyclic) bond motifs is 3. The van der Waals surface area contributed by atoms with Crippen molar-refractivity contribution in [3.05, 3.63) is 71.5 Å². The Morgan fingerprint density at radius 1 is 1.08 bits per heavy atom. The number of carboxylic acid groups (broad SMARTS) is 1. The molecular formula is C24H20F3N5O4. The molecule has 2 amide bonds. The second kappa shape index (κ2) is 8.47. The van der Waals surface area contributed by atoms with E-state index in [1.165, 1.54) is 47.4 Å². The highest BCUT2D eigenvalue weighted by Crippen LogP contribution is 2.50. The molecule has 0 unspecified atom stereocenters. The highest BCUT2D eigenvalue weighted by molar-refractivity contribution is 5.99. The minimum Gasteiger partial charge on any atom is -0.480 e. The van der Waals surface area contributed by atoms with Crippen LogP contribution in [0, 0.1) is 0 Å². The zero-order valence-electron chi connectivity index (χ0n) is 18.7. The molecular weight excluding hydrogens is 479 g/mol. The zero-order chi connectivity index (χ0) is 25.7. The average Bonchev–Trinajstić information content (AvgIpc) is 3.54. The van der Waals surface area contributed by atoms with Gasteiger partial charge in [0.05, 0.1) is 25.8 Å². The van der Waals surface area contributed by atoms with Crippen LogP contribution in [0.4, 0.5) is 13.2 Å². The third kappa shape index (κ3) is 3.97. The Bertz CT molecular complexity index is 1360. The first-order valence-electron chi connectivity index (χ1n) is 11.0. The van der Waals surface area contributed by atoms with Crippen molar-refractivity contribution >= 4 is 17.8 Å². The molecule has 0 bridgehead atoms. The molecule has 0 saturated carbocycles. The van der Waals surface area contributed by atoms with Crippen LogP contribution in [-0.2, 0) is 22.1 Å². The lowest BCUT2D eigenvalue weighted by molar-refractivity contribution is -0.147. The highest BCUT2D eigenvalue weighted by atomic mass is 19.3. The smallest absolute Gasteiger partial charge is 0.326 e. The van der Waals surface area contributed by atoms with Crippen LogP contribution >= 0.6 is 0 Å². The maximum atomic E-state index is 15.4. The molecule has 1 aliphatic carbocycles. The summed E-state index contributed by atoms with van der Waals surface area (Å²) in [6, 6.07) is 8.33. The number of carbonyl (C=O) groups is 3. The number of alkyl halides is 3. The van der Waals surface area contributed by atoms with Gasteiger partial charge in [0.2, 0.25) is 5.91 Å². The van der Waals surface area contributed by atoms with Crippen molar-refractivity contribution in [2.45, 2.75) is 30.6 Å². The topological polar surface area (TPSA) is 117 Å². The Kier molecular flexibility index (Phi) is 5.53. The normalized spacial score (nSPS) is 21.6. The number of benzene rings is 2. The fourth-order valence-corrected chi connectivity index (χ4v) is 4.82.